The summed E-state index contributed by atoms with van der Waals surface area (Å²) in [4.78, 5) is 33.9. The fourth-order valence-corrected chi connectivity index (χ4v) is 1.75. The quantitative estimate of drug-likeness (QED) is 0.778. The van der Waals surface area contributed by atoms with Crippen LogP contribution in [0.15, 0.2) is 18.2 Å². The van der Waals surface area contributed by atoms with Crippen LogP contribution in [-0.4, -0.2) is 36.1 Å². The molecule has 0 bridgehead atoms. The third-order valence-corrected chi connectivity index (χ3v) is 3.05. The van der Waals surface area contributed by atoms with Crippen molar-refractivity contribution in [2.24, 2.45) is 0 Å². The zero-order valence-electron chi connectivity index (χ0n) is 11.1. The van der Waals surface area contributed by atoms with Crippen molar-refractivity contribution in [3.63, 3.8) is 0 Å². The lowest BCUT2D eigenvalue weighted by Gasteiger charge is -2.14. The van der Waals surface area contributed by atoms with Crippen LogP contribution in [0.1, 0.15) is 23.2 Å². The minimum absolute atomic E-state index is 0.152. The predicted octanol–water partition coefficient (Wildman–Crippen LogP) is 1.62. The first-order valence-electron chi connectivity index (χ1n) is 5.91. The van der Waals surface area contributed by atoms with Crippen molar-refractivity contribution in [1.82, 2.24) is 5.32 Å². The molecule has 0 aliphatic carbocycles. The summed E-state index contributed by atoms with van der Waals surface area (Å²) in [6.07, 6.45) is -0.328. The highest BCUT2D eigenvalue weighted by molar-refractivity contribution is 6.34. The summed E-state index contributed by atoms with van der Waals surface area (Å²) >= 11 is 5.64. The second kappa shape index (κ2) is 7.58. The van der Waals surface area contributed by atoms with Crippen molar-refractivity contribution in [3.05, 3.63) is 34.6 Å². The average Bonchev–Trinajstić information content (AvgIpc) is 2.45. The molecule has 8 heteroatoms. The molecular weight excluding hydrogens is 305 g/mol. The number of halogens is 2. The molecule has 0 fully saturated rings. The second-order valence-corrected chi connectivity index (χ2v) is 4.46. The molecular formula is C13H13ClFNO5. The number of nitrogens with one attached hydrogen (secondary N) is 1. The van der Waals surface area contributed by atoms with Gasteiger partial charge in [0.15, 0.2) is 0 Å². The molecule has 1 atom stereocenters. The highest BCUT2D eigenvalue weighted by atomic mass is 35.5. The molecule has 0 aromatic heterocycles. The van der Waals surface area contributed by atoms with E-state index in [1.165, 1.54) is 19.2 Å². The van der Waals surface area contributed by atoms with Crippen LogP contribution >= 0.6 is 11.6 Å². The zero-order valence-corrected chi connectivity index (χ0v) is 11.8. The summed E-state index contributed by atoms with van der Waals surface area (Å²) in [5.74, 6) is -3.54. The molecule has 21 heavy (non-hydrogen) atoms. The highest BCUT2D eigenvalue weighted by Gasteiger charge is 2.23. The van der Waals surface area contributed by atoms with Crippen LogP contribution in [0, 0.1) is 5.82 Å². The highest BCUT2D eigenvalue weighted by Crippen LogP contribution is 2.19. The van der Waals surface area contributed by atoms with Crippen LogP contribution in [0.2, 0.25) is 5.02 Å². The molecule has 114 valence electrons. The minimum Gasteiger partial charge on any atom is -0.480 e. The Kier molecular flexibility index (Phi) is 6.10. The number of aliphatic carboxylic acids is 1. The van der Waals surface area contributed by atoms with E-state index in [0.717, 1.165) is 6.07 Å². The van der Waals surface area contributed by atoms with Crippen LogP contribution in [0.25, 0.3) is 0 Å². The SMILES string of the molecule is COC(=O)CCC(NC(=O)c1cccc(F)c1Cl)C(=O)O. The van der Waals surface area contributed by atoms with Gasteiger partial charge >= 0.3 is 11.9 Å². The Balaban J connectivity index is 2.79. The molecule has 1 aromatic carbocycles. The maximum atomic E-state index is 13.2. The van der Waals surface area contributed by atoms with Crippen LogP contribution in [0.5, 0.6) is 0 Å². The third kappa shape index (κ3) is 4.71. The molecule has 6 nitrogen and oxygen atoms in total. The number of carboxylic acid groups (broad SMARTS) is 1. The third-order valence-electron chi connectivity index (χ3n) is 2.66. The monoisotopic (exact) mass is 317 g/mol. The molecule has 0 radical (unpaired) electrons. The Morgan fingerprint density at radius 2 is 2.10 bits per heavy atom. The Morgan fingerprint density at radius 1 is 1.43 bits per heavy atom. The van der Waals surface area contributed by atoms with Crippen LogP contribution < -0.4 is 5.32 Å². The molecule has 2 N–H and O–H groups in total. The molecule has 0 spiro atoms. The van der Waals surface area contributed by atoms with Gasteiger partial charge in [-0.3, -0.25) is 9.59 Å². The van der Waals surface area contributed by atoms with E-state index >= 15 is 0 Å². The number of carbonyl (C=O) groups is 3. The van der Waals surface area contributed by atoms with E-state index in [9.17, 15) is 18.8 Å². The number of hydrogen-bond acceptors (Lipinski definition) is 4. The van der Waals surface area contributed by atoms with Gasteiger partial charge in [-0.1, -0.05) is 17.7 Å². The van der Waals surface area contributed by atoms with Gasteiger partial charge in [-0.2, -0.15) is 0 Å². The van der Waals surface area contributed by atoms with E-state index in [1.807, 2.05) is 0 Å². The number of esters is 1. The van der Waals surface area contributed by atoms with Crippen molar-refractivity contribution < 1.29 is 28.6 Å². The maximum absolute atomic E-state index is 13.2. The molecule has 0 saturated carbocycles. The lowest BCUT2D eigenvalue weighted by atomic mass is 10.1. The van der Waals surface area contributed by atoms with Crippen molar-refractivity contribution >= 4 is 29.4 Å². The second-order valence-electron chi connectivity index (χ2n) is 4.08. The number of carbonyl (C=O) groups excluding carboxylic acids is 2. The average molecular weight is 318 g/mol. The standard InChI is InChI=1S/C13H13ClFNO5/c1-21-10(17)6-5-9(13(19)20)16-12(18)7-3-2-4-8(15)11(7)14/h2-4,9H,5-6H2,1H3,(H,16,18)(H,19,20). The van der Waals surface area contributed by atoms with E-state index in [4.69, 9.17) is 16.7 Å². The first-order chi connectivity index (χ1) is 9.86. The Labute approximate surface area is 124 Å². The van der Waals surface area contributed by atoms with Crippen LogP contribution in [-0.2, 0) is 14.3 Å². The zero-order chi connectivity index (χ0) is 16.0. The van der Waals surface area contributed by atoms with Gasteiger partial charge < -0.3 is 15.2 Å². The van der Waals surface area contributed by atoms with Gasteiger partial charge in [-0.25, -0.2) is 9.18 Å². The summed E-state index contributed by atoms with van der Waals surface area (Å²) in [5, 5.41) is 10.8. The number of carboxylic acids is 1. The van der Waals surface area contributed by atoms with E-state index in [2.05, 4.69) is 10.1 Å². The number of hydrogen-bond donors (Lipinski definition) is 2. The van der Waals surface area contributed by atoms with Gasteiger partial charge in [0, 0.05) is 6.42 Å². The van der Waals surface area contributed by atoms with Crippen molar-refractivity contribution in [2.45, 2.75) is 18.9 Å². The van der Waals surface area contributed by atoms with E-state index < -0.39 is 34.7 Å². The van der Waals surface area contributed by atoms with E-state index in [1.54, 1.807) is 0 Å². The lowest BCUT2D eigenvalue weighted by molar-refractivity contribution is -0.142. The first kappa shape index (κ1) is 16.9. The number of methoxy groups -OCH3 is 1. The van der Waals surface area contributed by atoms with Crippen molar-refractivity contribution in [1.29, 1.82) is 0 Å². The van der Waals surface area contributed by atoms with Crippen molar-refractivity contribution in [3.8, 4) is 0 Å². The number of amides is 1. The van der Waals surface area contributed by atoms with E-state index in [0.29, 0.717) is 0 Å². The van der Waals surface area contributed by atoms with Gasteiger partial charge in [0.1, 0.15) is 11.9 Å². The fourth-order valence-electron chi connectivity index (χ4n) is 1.54. The van der Waals surface area contributed by atoms with Gasteiger partial charge in [0.2, 0.25) is 0 Å². The van der Waals surface area contributed by atoms with E-state index in [-0.39, 0.29) is 18.4 Å². The Hall–Kier alpha value is -2.15. The normalized spacial score (nSPS) is 11.6. The molecule has 1 unspecified atom stereocenters. The van der Waals surface area contributed by atoms with Crippen LogP contribution in [0.3, 0.4) is 0 Å². The molecule has 1 rings (SSSR count). The summed E-state index contributed by atoms with van der Waals surface area (Å²) in [5.41, 5.74) is -0.180. The number of rotatable bonds is 6. The first-order valence-corrected chi connectivity index (χ1v) is 6.29. The fraction of sp³-hybridized carbons (Fsp3) is 0.308. The van der Waals surface area contributed by atoms with Gasteiger partial charge in [-0.15, -0.1) is 0 Å². The topological polar surface area (TPSA) is 92.7 Å². The molecule has 1 amide bonds. The predicted molar refractivity (Wildman–Crippen MR) is 71.6 cm³/mol. The molecule has 0 aliphatic rings. The number of benzene rings is 1. The maximum Gasteiger partial charge on any atom is 0.326 e. The van der Waals surface area contributed by atoms with Crippen molar-refractivity contribution in [2.75, 3.05) is 7.11 Å². The summed E-state index contributed by atoms with van der Waals surface area (Å²) in [6, 6.07) is 2.31. The number of ether oxygens (including phenoxy) is 1. The molecule has 0 aliphatic heterocycles. The summed E-state index contributed by atoms with van der Waals surface area (Å²) in [6.45, 7) is 0. The molecule has 0 saturated heterocycles. The van der Waals surface area contributed by atoms with Gasteiger partial charge in [-0.05, 0) is 18.6 Å². The molecule has 1 aromatic rings. The molecule has 0 heterocycles. The lowest BCUT2D eigenvalue weighted by Crippen LogP contribution is -2.41. The smallest absolute Gasteiger partial charge is 0.326 e. The Morgan fingerprint density at radius 3 is 2.67 bits per heavy atom. The van der Waals surface area contributed by atoms with Gasteiger partial charge in [0.25, 0.3) is 5.91 Å². The Bertz CT molecular complexity index is 563. The minimum atomic E-state index is -1.32. The van der Waals surface area contributed by atoms with Gasteiger partial charge in [0.05, 0.1) is 17.7 Å². The summed E-state index contributed by atoms with van der Waals surface area (Å²) in [7, 11) is 1.17. The van der Waals surface area contributed by atoms with Crippen LogP contribution in [0.4, 0.5) is 4.39 Å². The largest absolute Gasteiger partial charge is 0.480 e. The summed E-state index contributed by atoms with van der Waals surface area (Å²) < 4.78 is 17.6.